The monoisotopic (exact) mass is 532 g/mol. The molecule has 1 aliphatic carbocycles. The van der Waals surface area contributed by atoms with Crippen LogP contribution in [0.4, 0.5) is 0 Å². The number of hydrogen-bond acceptors (Lipinski definition) is 7. The number of piperazine rings is 1. The van der Waals surface area contributed by atoms with Crippen LogP contribution in [-0.4, -0.2) is 81.3 Å². The van der Waals surface area contributed by atoms with Gasteiger partial charge in [-0.1, -0.05) is 48.0 Å². The first-order valence-corrected chi connectivity index (χ1v) is 13.6. The van der Waals surface area contributed by atoms with Crippen molar-refractivity contribution in [3.8, 4) is 23.0 Å². The van der Waals surface area contributed by atoms with Crippen LogP contribution in [0.25, 0.3) is 22.6 Å². The summed E-state index contributed by atoms with van der Waals surface area (Å²) < 4.78 is 14.5. The Balaban J connectivity index is 1.33. The topological polar surface area (TPSA) is 68.5 Å². The summed E-state index contributed by atoms with van der Waals surface area (Å²) in [5, 5.41) is 0.542. The molecule has 4 aromatic rings. The van der Waals surface area contributed by atoms with Gasteiger partial charge in [0.25, 0.3) is 0 Å². The third-order valence-electron chi connectivity index (χ3n) is 7.44. The largest absolute Gasteiger partial charge is 0.491 e. The van der Waals surface area contributed by atoms with Crippen molar-refractivity contribution >= 4 is 22.8 Å². The molecule has 1 saturated heterocycles. The Morgan fingerprint density at radius 3 is 2.53 bits per heavy atom. The van der Waals surface area contributed by atoms with Crippen molar-refractivity contribution < 1.29 is 9.47 Å². The standard InChI is InChI=1S/C29H33ClN6O2/c1-29(11-12-29)38-28-25-27(31-20-32-28)36(19-21-7-4-3-5-8-21)26(33-25)22-9-6-10-23(24(22)30)37-18-17-35-15-13-34(2)14-16-35/h3-10,20H,11-19H2,1-2H3. The van der Waals surface area contributed by atoms with E-state index >= 15 is 0 Å². The minimum absolute atomic E-state index is 0.181. The smallest absolute Gasteiger partial charge is 0.245 e. The van der Waals surface area contributed by atoms with Crippen molar-refractivity contribution in [3.63, 3.8) is 0 Å². The maximum absolute atomic E-state index is 6.98. The second kappa shape index (κ2) is 10.5. The predicted molar refractivity (Wildman–Crippen MR) is 149 cm³/mol. The first-order chi connectivity index (χ1) is 18.5. The lowest BCUT2D eigenvalue weighted by molar-refractivity contribution is 0.134. The quantitative estimate of drug-likeness (QED) is 0.308. The van der Waals surface area contributed by atoms with Crippen molar-refractivity contribution in [3.05, 3.63) is 65.4 Å². The van der Waals surface area contributed by atoms with Crippen LogP contribution in [0.15, 0.2) is 54.9 Å². The molecule has 0 radical (unpaired) electrons. The molecule has 2 aromatic carbocycles. The van der Waals surface area contributed by atoms with E-state index in [9.17, 15) is 0 Å². The highest BCUT2D eigenvalue weighted by atomic mass is 35.5. The number of fused-ring (bicyclic) bond motifs is 1. The first kappa shape index (κ1) is 25.1. The number of aromatic nitrogens is 4. The van der Waals surface area contributed by atoms with Gasteiger partial charge in [0.2, 0.25) is 5.88 Å². The molecule has 2 fully saturated rings. The van der Waals surface area contributed by atoms with E-state index in [0.717, 1.165) is 62.3 Å². The zero-order chi connectivity index (χ0) is 26.1. The number of likely N-dealkylation sites (N-methyl/N-ethyl adjacent to an activating group) is 1. The molecule has 38 heavy (non-hydrogen) atoms. The Morgan fingerprint density at radius 2 is 1.76 bits per heavy atom. The highest BCUT2D eigenvalue weighted by molar-refractivity contribution is 6.34. The third kappa shape index (κ3) is 5.34. The van der Waals surface area contributed by atoms with Gasteiger partial charge in [-0.2, -0.15) is 4.98 Å². The number of imidazole rings is 1. The van der Waals surface area contributed by atoms with Crippen LogP contribution in [0, 0.1) is 0 Å². The van der Waals surface area contributed by atoms with E-state index in [2.05, 4.69) is 50.4 Å². The minimum Gasteiger partial charge on any atom is -0.491 e. The van der Waals surface area contributed by atoms with Crippen LogP contribution in [0.1, 0.15) is 25.3 Å². The van der Waals surface area contributed by atoms with E-state index in [-0.39, 0.29) is 5.60 Å². The van der Waals surface area contributed by atoms with Gasteiger partial charge in [0.15, 0.2) is 11.2 Å². The minimum atomic E-state index is -0.181. The molecule has 0 unspecified atom stereocenters. The van der Waals surface area contributed by atoms with E-state index in [1.807, 2.05) is 36.4 Å². The summed E-state index contributed by atoms with van der Waals surface area (Å²) in [6.07, 6.45) is 3.57. The number of benzene rings is 2. The van der Waals surface area contributed by atoms with Crippen molar-refractivity contribution in [1.82, 2.24) is 29.3 Å². The second-order valence-corrected chi connectivity index (χ2v) is 10.9. The fraction of sp³-hybridized carbons (Fsp3) is 0.414. The lowest BCUT2D eigenvalue weighted by Gasteiger charge is -2.32. The average molecular weight is 533 g/mol. The Morgan fingerprint density at radius 1 is 0.974 bits per heavy atom. The molecule has 0 N–H and O–H groups in total. The van der Waals surface area contributed by atoms with E-state index in [0.29, 0.717) is 41.1 Å². The summed E-state index contributed by atoms with van der Waals surface area (Å²) >= 11 is 6.98. The highest BCUT2D eigenvalue weighted by Gasteiger charge is 2.41. The van der Waals surface area contributed by atoms with Gasteiger partial charge in [0.1, 0.15) is 30.1 Å². The third-order valence-corrected chi connectivity index (χ3v) is 7.83. The summed E-state index contributed by atoms with van der Waals surface area (Å²) in [4.78, 5) is 18.9. The van der Waals surface area contributed by atoms with Crippen LogP contribution in [0.2, 0.25) is 5.02 Å². The number of rotatable bonds is 9. The fourth-order valence-electron chi connectivity index (χ4n) is 4.77. The van der Waals surface area contributed by atoms with Gasteiger partial charge in [0, 0.05) is 38.3 Å². The van der Waals surface area contributed by atoms with Gasteiger partial charge in [0.05, 0.1) is 11.6 Å². The molecule has 8 nitrogen and oxygen atoms in total. The highest BCUT2D eigenvalue weighted by Crippen LogP contribution is 2.42. The fourth-order valence-corrected chi connectivity index (χ4v) is 5.04. The van der Waals surface area contributed by atoms with Crippen molar-refractivity contribution in [1.29, 1.82) is 0 Å². The van der Waals surface area contributed by atoms with Gasteiger partial charge >= 0.3 is 0 Å². The summed E-state index contributed by atoms with van der Waals surface area (Å²) in [6, 6.07) is 16.1. The normalized spacial score (nSPS) is 17.6. The number of nitrogens with zero attached hydrogens (tertiary/aromatic N) is 6. The molecule has 198 valence electrons. The molecular formula is C29H33ClN6O2. The zero-order valence-electron chi connectivity index (χ0n) is 21.9. The Kier molecular flexibility index (Phi) is 6.95. The van der Waals surface area contributed by atoms with Gasteiger partial charge in [-0.05, 0) is 44.5 Å². The summed E-state index contributed by atoms with van der Waals surface area (Å²) in [5.41, 5.74) is 3.11. The molecule has 1 aliphatic heterocycles. The van der Waals surface area contributed by atoms with E-state index in [1.165, 1.54) is 0 Å². The van der Waals surface area contributed by atoms with Crippen molar-refractivity contribution in [2.75, 3.05) is 46.4 Å². The maximum Gasteiger partial charge on any atom is 0.245 e. The summed E-state index contributed by atoms with van der Waals surface area (Å²) in [7, 11) is 2.16. The lowest BCUT2D eigenvalue weighted by Crippen LogP contribution is -2.45. The molecule has 0 amide bonds. The van der Waals surface area contributed by atoms with Crippen LogP contribution < -0.4 is 9.47 Å². The summed E-state index contributed by atoms with van der Waals surface area (Å²) in [6.45, 7) is 8.42. The molecule has 2 aliphatic rings. The van der Waals surface area contributed by atoms with E-state index < -0.39 is 0 Å². The molecule has 1 saturated carbocycles. The molecule has 0 atom stereocenters. The molecule has 6 rings (SSSR count). The predicted octanol–water partition coefficient (Wildman–Crippen LogP) is 4.75. The molecular weight excluding hydrogens is 500 g/mol. The van der Waals surface area contributed by atoms with Crippen LogP contribution in [-0.2, 0) is 6.54 Å². The molecule has 3 heterocycles. The molecule has 9 heteroatoms. The maximum atomic E-state index is 6.98. The Bertz CT molecular complexity index is 1410. The van der Waals surface area contributed by atoms with E-state index in [4.69, 9.17) is 26.1 Å². The number of halogens is 1. The van der Waals surface area contributed by atoms with Gasteiger partial charge in [-0.15, -0.1) is 0 Å². The molecule has 0 bridgehead atoms. The zero-order valence-corrected chi connectivity index (χ0v) is 22.7. The summed E-state index contributed by atoms with van der Waals surface area (Å²) in [5.74, 6) is 1.88. The van der Waals surface area contributed by atoms with E-state index in [1.54, 1.807) is 6.33 Å². The number of hydrogen-bond donors (Lipinski definition) is 0. The van der Waals surface area contributed by atoms with Crippen LogP contribution in [0.5, 0.6) is 11.6 Å². The van der Waals surface area contributed by atoms with Gasteiger partial charge < -0.3 is 18.9 Å². The lowest BCUT2D eigenvalue weighted by atomic mass is 10.2. The van der Waals surface area contributed by atoms with Crippen molar-refractivity contribution in [2.45, 2.75) is 31.9 Å². The second-order valence-electron chi connectivity index (χ2n) is 10.5. The van der Waals surface area contributed by atoms with Gasteiger partial charge in [-0.25, -0.2) is 9.97 Å². The van der Waals surface area contributed by atoms with Crippen LogP contribution in [0.3, 0.4) is 0 Å². The van der Waals surface area contributed by atoms with Gasteiger partial charge in [-0.3, -0.25) is 4.90 Å². The first-order valence-electron chi connectivity index (χ1n) is 13.3. The SMILES string of the molecule is CN1CCN(CCOc2cccc(-c3nc4c(OC5(C)CC5)ncnc4n3Cc3ccccc3)c2Cl)CC1. The van der Waals surface area contributed by atoms with Crippen LogP contribution >= 0.6 is 11.6 Å². The molecule has 2 aromatic heterocycles. The Labute approximate surface area is 228 Å². The van der Waals surface area contributed by atoms with Crippen molar-refractivity contribution in [2.24, 2.45) is 0 Å². The average Bonchev–Trinajstić information content (AvgIpc) is 3.54. The number of ether oxygens (including phenoxy) is 2. The molecule has 0 spiro atoms. The Hall–Kier alpha value is -3.20.